The van der Waals surface area contributed by atoms with Crippen LogP contribution < -0.4 is 5.32 Å². The Morgan fingerprint density at radius 2 is 1.70 bits per heavy atom. The van der Waals surface area contributed by atoms with Crippen molar-refractivity contribution >= 4 is 5.69 Å². The van der Waals surface area contributed by atoms with E-state index in [1.807, 2.05) is 13.1 Å². The van der Waals surface area contributed by atoms with Gasteiger partial charge in [-0.3, -0.25) is 0 Å². The summed E-state index contributed by atoms with van der Waals surface area (Å²) in [7, 11) is 1.99. The topological polar surface area (TPSA) is 25.2 Å². The molecule has 1 aromatic carbocycles. The van der Waals surface area contributed by atoms with Crippen LogP contribution in [0.25, 0.3) is 11.3 Å². The van der Waals surface area contributed by atoms with Crippen molar-refractivity contribution in [2.24, 2.45) is 17.8 Å². The Labute approximate surface area is 138 Å². The molecule has 1 heterocycles. The van der Waals surface area contributed by atoms with Crippen LogP contribution in [0.3, 0.4) is 0 Å². The Hall–Kier alpha value is -1.70. The molecule has 0 amide bonds. The van der Waals surface area contributed by atoms with Crippen molar-refractivity contribution in [3.63, 3.8) is 0 Å². The van der Waals surface area contributed by atoms with Gasteiger partial charge < -0.3 is 9.73 Å². The van der Waals surface area contributed by atoms with E-state index in [0.29, 0.717) is 5.41 Å². The van der Waals surface area contributed by atoms with E-state index >= 15 is 0 Å². The Morgan fingerprint density at radius 1 is 1.00 bits per heavy atom. The largest absolute Gasteiger partial charge is 0.464 e. The van der Waals surface area contributed by atoms with Crippen LogP contribution in [0.2, 0.25) is 0 Å². The lowest BCUT2D eigenvalue weighted by molar-refractivity contribution is -0.00516. The number of hydrogen-bond donors (Lipinski definition) is 1. The van der Waals surface area contributed by atoms with Crippen LogP contribution in [0, 0.1) is 17.8 Å². The second kappa shape index (κ2) is 4.90. The number of benzene rings is 1. The summed E-state index contributed by atoms with van der Waals surface area (Å²) in [6.07, 6.45) is 10.5. The van der Waals surface area contributed by atoms with E-state index in [4.69, 9.17) is 4.42 Å². The van der Waals surface area contributed by atoms with Gasteiger partial charge in [-0.1, -0.05) is 6.07 Å². The van der Waals surface area contributed by atoms with Crippen molar-refractivity contribution < 1.29 is 4.42 Å². The fraction of sp³-hybridized carbons (Fsp3) is 0.524. The molecule has 120 valence electrons. The van der Waals surface area contributed by atoms with Gasteiger partial charge in [-0.2, -0.15) is 0 Å². The first-order chi connectivity index (χ1) is 11.3. The highest BCUT2D eigenvalue weighted by Gasteiger charge is 2.51. The Balaban J connectivity index is 1.60. The van der Waals surface area contributed by atoms with Gasteiger partial charge in [0.15, 0.2) is 0 Å². The molecular formula is C21H25NO. The van der Waals surface area contributed by atoms with Crippen molar-refractivity contribution in [1.29, 1.82) is 0 Å². The van der Waals surface area contributed by atoms with E-state index in [1.165, 1.54) is 44.1 Å². The first-order valence-corrected chi connectivity index (χ1v) is 9.12. The Bertz CT molecular complexity index is 680. The van der Waals surface area contributed by atoms with Crippen LogP contribution in [0.4, 0.5) is 5.69 Å². The van der Waals surface area contributed by atoms with Crippen molar-refractivity contribution in [2.75, 3.05) is 12.4 Å². The van der Waals surface area contributed by atoms with Gasteiger partial charge in [0.2, 0.25) is 0 Å². The predicted molar refractivity (Wildman–Crippen MR) is 93.5 cm³/mol. The van der Waals surface area contributed by atoms with Crippen molar-refractivity contribution in [1.82, 2.24) is 0 Å². The first kappa shape index (κ1) is 13.7. The van der Waals surface area contributed by atoms with Crippen LogP contribution >= 0.6 is 0 Å². The van der Waals surface area contributed by atoms with Crippen LogP contribution in [-0.2, 0) is 5.41 Å². The molecule has 0 spiro atoms. The first-order valence-electron chi connectivity index (χ1n) is 9.12. The van der Waals surface area contributed by atoms with Crippen LogP contribution in [0.15, 0.2) is 41.0 Å². The minimum atomic E-state index is 0.447. The molecular weight excluding hydrogens is 282 g/mol. The van der Waals surface area contributed by atoms with Gasteiger partial charge in [-0.15, -0.1) is 0 Å². The van der Waals surface area contributed by atoms with Gasteiger partial charge in [-0.25, -0.2) is 0 Å². The van der Waals surface area contributed by atoms with Gasteiger partial charge in [0, 0.05) is 18.3 Å². The summed E-state index contributed by atoms with van der Waals surface area (Å²) in [6.45, 7) is 0. The van der Waals surface area contributed by atoms with E-state index in [-0.39, 0.29) is 0 Å². The summed E-state index contributed by atoms with van der Waals surface area (Å²) < 4.78 is 5.70. The van der Waals surface area contributed by atoms with E-state index < -0.39 is 0 Å². The molecule has 2 heteroatoms. The molecule has 0 unspecified atom stereocenters. The highest BCUT2D eigenvalue weighted by Crippen LogP contribution is 2.61. The third-order valence-electron chi connectivity index (χ3n) is 6.73. The Morgan fingerprint density at radius 3 is 2.26 bits per heavy atom. The molecule has 4 saturated carbocycles. The average molecular weight is 307 g/mol. The second-order valence-corrected chi connectivity index (χ2v) is 8.19. The average Bonchev–Trinajstić information content (AvgIpc) is 3.07. The normalized spacial score (nSPS) is 34.7. The van der Waals surface area contributed by atoms with Gasteiger partial charge in [-0.05, 0) is 91.5 Å². The highest BCUT2D eigenvalue weighted by atomic mass is 16.3. The number of hydrogen-bond acceptors (Lipinski definition) is 2. The fourth-order valence-electron chi connectivity index (χ4n) is 6.19. The quantitative estimate of drug-likeness (QED) is 0.815. The second-order valence-electron chi connectivity index (χ2n) is 8.19. The standard InChI is InChI=1S/C21H25NO/c1-22-19-5-4-17(10-18(19)20-3-2-6-23-20)21-11-14-7-15(12-21)9-16(8-14)13-21/h2-6,10,14-16,22H,7-9,11-13H2,1H3. The fourth-order valence-corrected chi connectivity index (χ4v) is 6.19. The molecule has 23 heavy (non-hydrogen) atoms. The monoisotopic (exact) mass is 307 g/mol. The highest BCUT2D eigenvalue weighted by molar-refractivity contribution is 5.75. The Kier molecular flexibility index (Phi) is 2.92. The lowest BCUT2D eigenvalue weighted by atomic mass is 9.48. The number of nitrogens with one attached hydrogen (secondary N) is 1. The third kappa shape index (κ3) is 2.07. The molecule has 0 atom stereocenters. The van der Waals surface area contributed by atoms with Crippen molar-refractivity contribution in [2.45, 2.75) is 43.9 Å². The third-order valence-corrected chi connectivity index (χ3v) is 6.73. The zero-order valence-electron chi connectivity index (χ0n) is 13.8. The summed E-state index contributed by atoms with van der Waals surface area (Å²) in [5, 5.41) is 3.32. The van der Waals surface area contributed by atoms with E-state index in [0.717, 1.165) is 29.2 Å². The predicted octanol–water partition coefficient (Wildman–Crippen LogP) is 5.46. The molecule has 1 N–H and O–H groups in total. The maximum atomic E-state index is 5.70. The maximum absolute atomic E-state index is 5.70. The van der Waals surface area contributed by atoms with Gasteiger partial charge in [0.1, 0.15) is 5.76 Å². The van der Waals surface area contributed by atoms with Gasteiger partial charge >= 0.3 is 0 Å². The molecule has 0 saturated heterocycles. The molecule has 4 fully saturated rings. The lowest BCUT2D eigenvalue weighted by Crippen LogP contribution is -2.48. The van der Waals surface area contributed by atoms with Crippen LogP contribution in [-0.4, -0.2) is 7.05 Å². The molecule has 4 bridgehead atoms. The van der Waals surface area contributed by atoms with Crippen LogP contribution in [0.1, 0.15) is 44.1 Å². The number of rotatable bonds is 3. The van der Waals surface area contributed by atoms with E-state index in [9.17, 15) is 0 Å². The molecule has 0 aliphatic heterocycles. The number of anilines is 1. The lowest BCUT2D eigenvalue weighted by Gasteiger charge is -2.57. The number of furan rings is 1. The minimum absolute atomic E-state index is 0.447. The molecule has 1 aromatic heterocycles. The van der Waals surface area contributed by atoms with Gasteiger partial charge in [0.25, 0.3) is 0 Å². The molecule has 4 aliphatic carbocycles. The summed E-state index contributed by atoms with van der Waals surface area (Å²) in [5.41, 5.74) is 4.38. The summed E-state index contributed by atoms with van der Waals surface area (Å²) in [5.74, 6) is 3.92. The molecule has 4 aliphatic rings. The maximum Gasteiger partial charge on any atom is 0.135 e. The van der Waals surface area contributed by atoms with Crippen LogP contribution in [0.5, 0.6) is 0 Å². The van der Waals surface area contributed by atoms with E-state index in [2.05, 4.69) is 29.6 Å². The SMILES string of the molecule is CNc1ccc(C23CC4CC(CC(C4)C2)C3)cc1-c1ccco1. The summed E-state index contributed by atoms with van der Waals surface area (Å²) >= 11 is 0. The summed E-state index contributed by atoms with van der Waals surface area (Å²) in [4.78, 5) is 0. The van der Waals surface area contributed by atoms with Crippen molar-refractivity contribution in [3.8, 4) is 11.3 Å². The zero-order valence-corrected chi connectivity index (χ0v) is 13.8. The summed E-state index contributed by atoms with van der Waals surface area (Å²) in [6, 6.07) is 11.1. The molecule has 6 rings (SSSR count). The molecule has 2 nitrogen and oxygen atoms in total. The smallest absolute Gasteiger partial charge is 0.135 e. The zero-order chi connectivity index (χ0) is 15.4. The van der Waals surface area contributed by atoms with Crippen molar-refractivity contribution in [3.05, 3.63) is 42.2 Å². The molecule has 0 radical (unpaired) electrons. The van der Waals surface area contributed by atoms with E-state index in [1.54, 1.807) is 11.8 Å². The molecule has 2 aromatic rings. The van der Waals surface area contributed by atoms with Gasteiger partial charge in [0.05, 0.1) is 6.26 Å². The minimum Gasteiger partial charge on any atom is -0.464 e.